The Hall–Kier alpha value is -1.46. The second kappa shape index (κ2) is 4.33. The Morgan fingerprint density at radius 2 is 2.17 bits per heavy atom. The number of fused-ring (bicyclic) bond motifs is 1. The highest BCUT2D eigenvalue weighted by Crippen LogP contribution is 2.28. The van der Waals surface area contributed by atoms with Crippen molar-refractivity contribution in [2.45, 2.75) is 20.3 Å². The van der Waals surface area contributed by atoms with Gasteiger partial charge in [0.15, 0.2) is 11.5 Å². The Morgan fingerprint density at radius 1 is 1.33 bits per heavy atom. The van der Waals surface area contributed by atoms with E-state index in [0.29, 0.717) is 5.15 Å². The molecule has 0 amide bonds. The molecule has 3 aromatic heterocycles. The van der Waals surface area contributed by atoms with Crippen molar-refractivity contribution >= 4 is 28.6 Å². The van der Waals surface area contributed by atoms with E-state index in [1.165, 1.54) is 4.88 Å². The lowest BCUT2D eigenvalue weighted by Crippen LogP contribution is -1.97. The first-order valence-corrected chi connectivity index (χ1v) is 6.86. The third-order valence-electron chi connectivity index (χ3n) is 2.76. The quantitative estimate of drug-likeness (QED) is 0.675. The molecule has 0 fully saturated rings. The van der Waals surface area contributed by atoms with Gasteiger partial charge in [-0.25, -0.2) is 4.98 Å². The summed E-state index contributed by atoms with van der Waals surface area (Å²) in [5, 5.41) is 8.83. The summed E-state index contributed by atoms with van der Waals surface area (Å²) in [4.78, 5) is 6.68. The summed E-state index contributed by atoms with van der Waals surface area (Å²) >= 11 is 7.65. The fourth-order valence-electron chi connectivity index (χ4n) is 1.90. The number of thiophene rings is 1. The summed E-state index contributed by atoms with van der Waals surface area (Å²) in [5.74, 6) is 1.63. The van der Waals surface area contributed by atoms with Gasteiger partial charge >= 0.3 is 0 Å². The molecular weight excluding hydrogens is 268 g/mol. The van der Waals surface area contributed by atoms with E-state index in [1.54, 1.807) is 17.4 Å². The maximum absolute atomic E-state index is 5.92. The number of hydrogen-bond acceptors (Lipinski definition) is 4. The number of hydrogen-bond donors (Lipinski definition) is 0. The van der Waals surface area contributed by atoms with E-state index in [0.717, 1.165) is 28.6 Å². The molecule has 0 spiro atoms. The van der Waals surface area contributed by atoms with E-state index >= 15 is 0 Å². The molecule has 0 atom stereocenters. The molecule has 0 aliphatic rings. The minimum absolute atomic E-state index is 0.444. The average Bonchev–Trinajstić information content (AvgIpc) is 2.93. The van der Waals surface area contributed by atoms with Crippen molar-refractivity contribution < 1.29 is 0 Å². The standard InChI is InChI=1S/C12H11ClN4S/c1-3-8-4-5-9(18-8)12-16-15-11-6-10(13)14-7(2)17(11)12/h4-6H,3H2,1-2H3. The van der Waals surface area contributed by atoms with Crippen LogP contribution in [-0.4, -0.2) is 19.6 Å². The van der Waals surface area contributed by atoms with Crippen molar-refractivity contribution in [2.24, 2.45) is 0 Å². The van der Waals surface area contributed by atoms with Gasteiger partial charge in [0, 0.05) is 10.9 Å². The van der Waals surface area contributed by atoms with Crippen LogP contribution in [0.15, 0.2) is 18.2 Å². The van der Waals surface area contributed by atoms with Gasteiger partial charge in [0.25, 0.3) is 0 Å². The minimum atomic E-state index is 0.444. The number of halogens is 1. The summed E-state index contributed by atoms with van der Waals surface area (Å²) < 4.78 is 1.93. The zero-order valence-electron chi connectivity index (χ0n) is 10.0. The predicted molar refractivity (Wildman–Crippen MR) is 73.2 cm³/mol. The summed E-state index contributed by atoms with van der Waals surface area (Å²) in [5.41, 5.74) is 0.731. The minimum Gasteiger partial charge on any atom is -0.262 e. The summed E-state index contributed by atoms with van der Waals surface area (Å²) in [6.45, 7) is 4.05. The molecular formula is C12H11ClN4S. The van der Waals surface area contributed by atoms with Gasteiger partial charge in [0.05, 0.1) is 4.88 Å². The van der Waals surface area contributed by atoms with E-state index in [2.05, 4.69) is 34.2 Å². The molecule has 4 nitrogen and oxygen atoms in total. The van der Waals surface area contributed by atoms with E-state index in [9.17, 15) is 0 Å². The van der Waals surface area contributed by atoms with Crippen LogP contribution in [0.2, 0.25) is 5.15 Å². The van der Waals surface area contributed by atoms with Crippen molar-refractivity contribution in [3.8, 4) is 10.7 Å². The fraction of sp³-hybridized carbons (Fsp3) is 0.250. The van der Waals surface area contributed by atoms with Crippen LogP contribution in [0.4, 0.5) is 0 Å². The first-order chi connectivity index (χ1) is 8.69. The molecule has 0 bridgehead atoms. The second-order valence-electron chi connectivity index (χ2n) is 3.96. The lowest BCUT2D eigenvalue weighted by atomic mass is 10.3. The highest BCUT2D eigenvalue weighted by Gasteiger charge is 2.13. The van der Waals surface area contributed by atoms with E-state index in [4.69, 9.17) is 11.6 Å². The van der Waals surface area contributed by atoms with Crippen LogP contribution in [0, 0.1) is 6.92 Å². The van der Waals surface area contributed by atoms with Gasteiger partial charge in [-0.15, -0.1) is 21.5 Å². The molecule has 0 saturated heterocycles. The van der Waals surface area contributed by atoms with Crippen LogP contribution in [0.5, 0.6) is 0 Å². The molecule has 18 heavy (non-hydrogen) atoms. The van der Waals surface area contributed by atoms with Crippen molar-refractivity contribution in [1.82, 2.24) is 19.6 Å². The Balaban J connectivity index is 2.23. The third kappa shape index (κ3) is 1.79. The molecule has 6 heteroatoms. The van der Waals surface area contributed by atoms with Crippen molar-refractivity contribution in [1.29, 1.82) is 0 Å². The van der Waals surface area contributed by atoms with E-state index in [-0.39, 0.29) is 0 Å². The van der Waals surface area contributed by atoms with E-state index < -0.39 is 0 Å². The van der Waals surface area contributed by atoms with Gasteiger partial charge in [-0.1, -0.05) is 18.5 Å². The van der Waals surface area contributed by atoms with Gasteiger partial charge in [-0.2, -0.15) is 0 Å². The van der Waals surface area contributed by atoms with Gasteiger partial charge in [0.1, 0.15) is 11.0 Å². The largest absolute Gasteiger partial charge is 0.262 e. The number of nitrogens with zero attached hydrogens (tertiary/aromatic N) is 4. The van der Waals surface area contributed by atoms with Crippen molar-refractivity contribution in [3.05, 3.63) is 34.1 Å². The maximum Gasteiger partial charge on any atom is 0.179 e. The number of rotatable bonds is 2. The van der Waals surface area contributed by atoms with Crippen LogP contribution >= 0.6 is 22.9 Å². The molecule has 3 aromatic rings. The molecule has 0 radical (unpaired) electrons. The normalized spacial score (nSPS) is 11.3. The molecule has 0 aliphatic heterocycles. The summed E-state index contributed by atoms with van der Waals surface area (Å²) in [6.07, 6.45) is 1.03. The molecule has 3 rings (SSSR count). The number of aromatic nitrogens is 4. The van der Waals surface area contributed by atoms with Crippen molar-refractivity contribution in [3.63, 3.8) is 0 Å². The lowest BCUT2D eigenvalue weighted by molar-refractivity contribution is 0.991. The fourth-order valence-corrected chi connectivity index (χ4v) is 3.04. The zero-order valence-corrected chi connectivity index (χ0v) is 11.6. The monoisotopic (exact) mass is 278 g/mol. The topological polar surface area (TPSA) is 43.1 Å². The number of aryl methyl sites for hydroxylation is 2. The predicted octanol–water partition coefficient (Wildman–Crippen LogP) is 3.38. The second-order valence-corrected chi connectivity index (χ2v) is 5.52. The van der Waals surface area contributed by atoms with Gasteiger partial charge in [0.2, 0.25) is 0 Å². The lowest BCUT2D eigenvalue weighted by Gasteiger charge is -2.01. The van der Waals surface area contributed by atoms with Crippen LogP contribution in [-0.2, 0) is 6.42 Å². The Morgan fingerprint density at radius 3 is 2.89 bits per heavy atom. The van der Waals surface area contributed by atoms with Crippen LogP contribution in [0.1, 0.15) is 17.6 Å². The summed E-state index contributed by atoms with van der Waals surface area (Å²) in [6, 6.07) is 5.92. The SMILES string of the molecule is CCc1ccc(-c2nnc3cc(Cl)nc(C)n23)s1. The molecule has 0 unspecified atom stereocenters. The van der Waals surface area contributed by atoms with Gasteiger partial charge in [-0.3, -0.25) is 4.40 Å². The van der Waals surface area contributed by atoms with Crippen LogP contribution in [0.25, 0.3) is 16.3 Å². The Kier molecular flexibility index (Phi) is 2.80. The molecule has 0 saturated carbocycles. The van der Waals surface area contributed by atoms with E-state index in [1.807, 2.05) is 11.3 Å². The molecule has 0 N–H and O–H groups in total. The average molecular weight is 279 g/mol. The molecule has 0 aromatic carbocycles. The Bertz CT molecular complexity index is 716. The summed E-state index contributed by atoms with van der Waals surface area (Å²) in [7, 11) is 0. The zero-order chi connectivity index (χ0) is 12.7. The van der Waals surface area contributed by atoms with Crippen molar-refractivity contribution in [2.75, 3.05) is 0 Å². The first kappa shape index (κ1) is 11.6. The third-order valence-corrected chi connectivity index (χ3v) is 4.18. The van der Waals surface area contributed by atoms with Gasteiger partial charge < -0.3 is 0 Å². The van der Waals surface area contributed by atoms with Gasteiger partial charge in [-0.05, 0) is 25.5 Å². The van der Waals surface area contributed by atoms with Crippen LogP contribution in [0.3, 0.4) is 0 Å². The first-order valence-electron chi connectivity index (χ1n) is 5.66. The molecule has 92 valence electrons. The highest BCUT2D eigenvalue weighted by atomic mass is 35.5. The highest BCUT2D eigenvalue weighted by molar-refractivity contribution is 7.15. The van der Waals surface area contributed by atoms with Crippen LogP contribution < -0.4 is 0 Å². The molecule has 3 heterocycles. The smallest absolute Gasteiger partial charge is 0.179 e. The maximum atomic E-state index is 5.92. The molecule has 0 aliphatic carbocycles. The Labute approximate surface area is 113 Å².